The predicted octanol–water partition coefficient (Wildman–Crippen LogP) is 5.31. The Bertz CT molecular complexity index is 947. The van der Waals surface area contributed by atoms with Gasteiger partial charge in [-0.2, -0.15) is 0 Å². The zero-order chi connectivity index (χ0) is 21.9. The molecule has 0 atom stereocenters. The van der Waals surface area contributed by atoms with Crippen molar-refractivity contribution in [2.45, 2.75) is 64.8 Å². The molecule has 1 heterocycles. The van der Waals surface area contributed by atoms with Gasteiger partial charge >= 0.3 is 0 Å². The summed E-state index contributed by atoms with van der Waals surface area (Å²) in [4.78, 5) is 17.2. The molecule has 0 aliphatic carbocycles. The Labute approximate surface area is 185 Å². The topological polar surface area (TPSA) is 56.2 Å². The second-order valence-corrected chi connectivity index (χ2v) is 8.06. The van der Waals surface area contributed by atoms with Crippen LogP contribution < -0.4 is 10.1 Å². The molecular weight excluding hydrogens is 386 g/mol. The lowest BCUT2D eigenvalue weighted by molar-refractivity contribution is -0.120. The van der Waals surface area contributed by atoms with Gasteiger partial charge < -0.3 is 14.6 Å². The summed E-state index contributed by atoms with van der Waals surface area (Å²) in [5, 5.41) is 3.05. The number of amides is 1. The molecule has 0 unspecified atom stereocenters. The lowest BCUT2D eigenvalue weighted by Crippen LogP contribution is -2.28. The number of aryl methyl sites for hydroxylation is 1. The minimum atomic E-state index is 0.0313. The maximum atomic E-state index is 12.3. The highest BCUT2D eigenvalue weighted by atomic mass is 16.5. The van der Waals surface area contributed by atoms with Crippen molar-refractivity contribution >= 4 is 16.9 Å². The number of imidazole rings is 1. The number of hydrogen-bond acceptors (Lipinski definition) is 3. The number of aromatic nitrogens is 2. The van der Waals surface area contributed by atoms with E-state index < -0.39 is 0 Å². The van der Waals surface area contributed by atoms with Gasteiger partial charge in [-0.05, 0) is 36.2 Å². The Hall–Kier alpha value is -2.82. The molecule has 0 spiro atoms. The summed E-state index contributed by atoms with van der Waals surface area (Å²) < 4.78 is 7.50. The summed E-state index contributed by atoms with van der Waals surface area (Å²) in [5.74, 6) is 1.89. The molecule has 0 aliphatic rings. The van der Waals surface area contributed by atoms with Crippen LogP contribution in [0.3, 0.4) is 0 Å². The van der Waals surface area contributed by atoms with Crippen molar-refractivity contribution in [3.05, 3.63) is 59.9 Å². The van der Waals surface area contributed by atoms with E-state index in [1.54, 1.807) is 7.11 Å². The number of carbonyl (C=O) groups excluding carboxylic acids is 1. The maximum Gasteiger partial charge on any atom is 0.224 e. The van der Waals surface area contributed by atoms with Gasteiger partial charge in [0.2, 0.25) is 5.91 Å². The lowest BCUT2D eigenvalue weighted by Gasteiger charge is -2.10. The van der Waals surface area contributed by atoms with E-state index in [1.165, 1.54) is 44.0 Å². The van der Waals surface area contributed by atoms with Gasteiger partial charge in [-0.25, -0.2) is 4.98 Å². The quantitative estimate of drug-likeness (QED) is 0.381. The normalized spacial score (nSPS) is 11.0. The number of rotatable bonds is 13. The molecule has 1 N–H and O–H groups in total. The van der Waals surface area contributed by atoms with E-state index in [0.29, 0.717) is 13.0 Å². The zero-order valence-corrected chi connectivity index (χ0v) is 18.9. The monoisotopic (exact) mass is 421 g/mol. The fourth-order valence-corrected chi connectivity index (χ4v) is 3.92. The minimum absolute atomic E-state index is 0.0313. The van der Waals surface area contributed by atoms with Gasteiger partial charge in [0.1, 0.15) is 11.6 Å². The van der Waals surface area contributed by atoms with Crippen molar-refractivity contribution in [1.29, 1.82) is 0 Å². The summed E-state index contributed by atoms with van der Waals surface area (Å²) in [6, 6.07) is 15.9. The van der Waals surface area contributed by atoms with Gasteiger partial charge in [0.25, 0.3) is 0 Å². The van der Waals surface area contributed by atoms with Crippen LogP contribution in [-0.4, -0.2) is 29.1 Å². The first-order valence-corrected chi connectivity index (χ1v) is 11.5. The van der Waals surface area contributed by atoms with Crippen LogP contribution in [0, 0.1) is 0 Å². The van der Waals surface area contributed by atoms with Crippen molar-refractivity contribution in [3.8, 4) is 5.75 Å². The average Bonchev–Trinajstić information content (AvgIpc) is 3.14. The number of methoxy groups -OCH3 is 1. The molecule has 0 bridgehead atoms. The van der Waals surface area contributed by atoms with Gasteiger partial charge in [-0.3, -0.25) is 4.79 Å². The molecular formula is C26H35N3O2. The first-order valence-electron chi connectivity index (χ1n) is 11.5. The van der Waals surface area contributed by atoms with Crippen molar-refractivity contribution in [2.75, 3.05) is 13.7 Å². The molecule has 0 aliphatic heterocycles. The highest BCUT2D eigenvalue weighted by Crippen LogP contribution is 2.18. The van der Waals surface area contributed by atoms with Crippen LogP contribution in [0.4, 0.5) is 0 Å². The second kappa shape index (κ2) is 12.1. The molecule has 5 heteroatoms. The van der Waals surface area contributed by atoms with E-state index in [-0.39, 0.29) is 5.91 Å². The smallest absolute Gasteiger partial charge is 0.224 e. The van der Waals surface area contributed by atoms with E-state index in [0.717, 1.165) is 35.6 Å². The third-order valence-electron chi connectivity index (χ3n) is 5.66. The van der Waals surface area contributed by atoms with Crippen molar-refractivity contribution < 1.29 is 9.53 Å². The van der Waals surface area contributed by atoms with Crippen LogP contribution >= 0.6 is 0 Å². The predicted molar refractivity (Wildman–Crippen MR) is 127 cm³/mol. The van der Waals surface area contributed by atoms with Crippen LogP contribution in [0.5, 0.6) is 5.75 Å². The molecule has 5 nitrogen and oxygen atoms in total. The fraction of sp³-hybridized carbons (Fsp3) is 0.462. The highest BCUT2D eigenvalue weighted by Gasteiger charge is 2.11. The Morgan fingerprint density at radius 1 is 1.00 bits per heavy atom. The molecule has 31 heavy (non-hydrogen) atoms. The number of nitrogens with zero attached hydrogens (tertiary/aromatic N) is 2. The van der Waals surface area contributed by atoms with Gasteiger partial charge in [-0.1, -0.05) is 63.3 Å². The standard InChI is InChI=1S/C26H35N3O2/c1-3-4-5-6-7-10-19-29-24-12-9-8-11-23(24)28-25(29)17-18-27-26(30)20-21-13-15-22(31-2)16-14-21/h8-9,11-16H,3-7,10,17-20H2,1-2H3,(H,27,30). The number of fused-ring (bicyclic) bond motifs is 1. The summed E-state index contributed by atoms with van der Waals surface area (Å²) in [7, 11) is 1.64. The number of carbonyl (C=O) groups is 1. The average molecular weight is 422 g/mol. The van der Waals surface area contributed by atoms with E-state index in [1.807, 2.05) is 30.3 Å². The third-order valence-corrected chi connectivity index (χ3v) is 5.66. The second-order valence-electron chi connectivity index (χ2n) is 8.06. The van der Waals surface area contributed by atoms with Crippen LogP contribution in [0.15, 0.2) is 48.5 Å². The Morgan fingerprint density at radius 2 is 1.74 bits per heavy atom. The maximum absolute atomic E-state index is 12.3. The number of hydrogen-bond donors (Lipinski definition) is 1. The van der Waals surface area contributed by atoms with Crippen molar-refractivity contribution in [2.24, 2.45) is 0 Å². The van der Waals surface area contributed by atoms with Crippen molar-refractivity contribution in [3.63, 3.8) is 0 Å². The Kier molecular flexibility index (Phi) is 8.95. The molecule has 166 valence electrons. The van der Waals surface area contributed by atoms with E-state index in [9.17, 15) is 4.79 Å². The largest absolute Gasteiger partial charge is 0.497 e. The summed E-state index contributed by atoms with van der Waals surface area (Å²) in [6.45, 7) is 3.83. The lowest BCUT2D eigenvalue weighted by atomic mass is 10.1. The van der Waals surface area contributed by atoms with Gasteiger partial charge in [-0.15, -0.1) is 0 Å². The molecule has 1 amide bonds. The number of nitrogens with one attached hydrogen (secondary N) is 1. The minimum Gasteiger partial charge on any atom is -0.497 e. The molecule has 3 aromatic rings. The van der Waals surface area contributed by atoms with Gasteiger partial charge in [0.05, 0.1) is 24.6 Å². The molecule has 0 saturated heterocycles. The molecule has 0 saturated carbocycles. The number of para-hydroxylation sites is 2. The first-order chi connectivity index (χ1) is 15.2. The molecule has 0 fully saturated rings. The van der Waals surface area contributed by atoms with E-state index >= 15 is 0 Å². The fourth-order valence-electron chi connectivity index (χ4n) is 3.92. The van der Waals surface area contributed by atoms with Crippen molar-refractivity contribution in [1.82, 2.24) is 14.9 Å². The molecule has 2 aromatic carbocycles. The summed E-state index contributed by atoms with van der Waals surface area (Å²) in [5.41, 5.74) is 3.21. The Balaban J connectivity index is 1.53. The highest BCUT2D eigenvalue weighted by molar-refractivity contribution is 5.78. The number of ether oxygens (including phenoxy) is 1. The van der Waals surface area contributed by atoms with Crippen LogP contribution in [0.1, 0.15) is 56.8 Å². The summed E-state index contributed by atoms with van der Waals surface area (Å²) >= 11 is 0. The van der Waals surface area contributed by atoms with Crippen LogP contribution in [0.2, 0.25) is 0 Å². The van der Waals surface area contributed by atoms with Gasteiger partial charge in [0, 0.05) is 19.5 Å². The van der Waals surface area contributed by atoms with Crippen LogP contribution in [0.25, 0.3) is 11.0 Å². The Morgan fingerprint density at radius 3 is 2.52 bits per heavy atom. The first kappa shape index (κ1) is 22.9. The SMILES string of the molecule is CCCCCCCCn1c(CCNC(=O)Cc2ccc(OC)cc2)nc2ccccc21. The number of benzene rings is 2. The summed E-state index contributed by atoms with van der Waals surface area (Å²) in [6.07, 6.45) is 8.77. The number of unbranched alkanes of at least 4 members (excludes halogenated alkanes) is 5. The van der Waals surface area contributed by atoms with Gasteiger partial charge in [0.15, 0.2) is 0 Å². The van der Waals surface area contributed by atoms with E-state index in [2.05, 4.69) is 35.0 Å². The molecule has 1 aromatic heterocycles. The zero-order valence-electron chi connectivity index (χ0n) is 18.9. The molecule has 0 radical (unpaired) electrons. The molecule has 3 rings (SSSR count). The third kappa shape index (κ3) is 6.84. The van der Waals surface area contributed by atoms with Crippen LogP contribution in [-0.2, 0) is 24.2 Å². The van der Waals surface area contributed by atoms with E-state index in [4.69, 9.17) is 9.72 Å².